The fraction of sp³-hybridized carbons (Fsp3) is 0. The normalized spacial score (nSPS) is 10.4. The van der Waals surface area contributed by atoms with E-state index >= 15 is 0 Å². The second kappa shape index (κ2) is 4.13. The number of aromatic amines is 1. The zero-order valence-corrected chi connectivity index (χ0v) is 8.83. The Kier molecular flexibility index (Phi) is 2.34. The number of hydrogen-bond acceptors (Lipinski definition) is 4. The van der Waals surface area contributed by atoms with Crippen molar-refractivity contribution in [2.24, 2.45) is 0 Å². The highest BCUT2D eigenvalue weighted by atomic mass is 15.1. The van der Waals surface area contributed by atoms with Crippen molar-refractivity contribution < 1.29 is 0 Å². The average molecular weight is 222 g/mol. The van der Waals surface area contributed by atoms with Crippen LogP contribution in [-0.2, 0) is 0 Å². The molecule has 1 N–H and O–H groups in total. The number of nitrogens with zero attached hydrogens (tertiary/aromatic N) is 4. The Morgan fingerprint density at radius 3 is 2.88 bits per heavy atom. The Bertz CT molecular complexity index is 549. The molecule has 3 rings (SSSR count). The van der Waals surface area contributed by atoms with Crippen molar-refractivity contribution in [3.05, 3.63) is 49.3 Å². The van der Waals surface area contributed by atoms with Gasteiger partial charge in [-0.3, -0.25) is 9.97 Å². The van der Waals surface area contributed by atoms with Crippen molar-refractivity contribution in [2.45, 2.75) is 0 Å². The molecule has 0 saturated carbocycles. The van der Waals surface area contributed by atoms with Crippen molar-refractivity contribution in [1.82, 2.24) is 25.1 Å². The molecule has 0 amide bonds. The minimum absolute atomic E-state index is 0.759. The lowest BCUT2D eigenvalue weighted by atomic mass is 10.1. The zero-order chi connectivity index (χ0) is 11.5. The highest BCUT2D eigenvalue weighted by Crippen LogP contribution is 2.27. The molecule has 0 spiro atoms. The van der Waals surface area contributed by atoms with Crippen molar-refractivity contribution in [3.8, 4) is 22.5 Å². The van der Waals surface area contributed by atoms with Crippen LogP contribution in [0.1, 0.15) is 0 Å². The Hall–Kier alpha value is -2.56. The lowest BCUT2D eigenvalue weighted by Crippen LogP contribution is -1.88. The second-order valence-electron chi connectivity index (χ2n) is 3.40. The Morgan fingerprint density at radius 1 is 1.12 bits per heavy atom. The van der Waals surface area contributed by atoms with E-state index < -0.39 is 0 Å². The van der Waals surface area contributed by atoms with Gasteiger partial charge in [0.25, 0.3) is 0 Å². The van der Waals surface area contributed by atoms with E-state index in [2.05, 4.69) is 31.3 Å². The molecular weight excluding hydrogens is 214 g/mol. The summed E-state index contributed by atoms with van der Waals surface area (Å²) < 4.78 is 0. The van der Waals surface area contributed by atoms with E-state index in [4.69, 9.17) is 0 Å². The van der Waals surface area contributed by atoms with E-state index in [-0.39, 0.29) is 0 Å². The number of nitrogens with one attached hydrogen (secondary N) is 1. The first kappa shape index (κ1) is 9.65. The molecule has 3 aromatic heterocycles. The Balaban J connectivity index is 2.13. The summed E-state index contributed by atoms with van der Waals surface area (Å²) >= 11 is 0. The van der Waals surface area contributed by atoms with Crippen LogP contribution >= 0.6 is 0 Å². The first-order valence-corrected chi connectivity index (χ1v) is 5.08. The molecule has 81 valence electrons. The summed E-state index contributed by atoms with van der Waals surface area (Å²) in [6.07, 6.45) is 11.5. The molecule has 3 aromatic rings. The van der Waals surface area contributed by atoms with Gasteiger partial charge >= 0.3 is 0 Å². The molecule has 5 nitrogen and oxygen atoms in total. The molecule has 0 atom stereocenters. The fourth-order valence-electron chi connectivity index (χ4n) is 1.60. The SMILES string of the molecule is [c]1[nH]cc(-c2cnccn2)c1-c1cccnn1. The van der Waals surface area contributed by atoms with Crippen LogP contribution in [-0.4, -0.2) is 25.1 Å². The second-order valence-corrected chi connectivity index (χ2v) is 3.40. The van der Waals surface area contributed by atoms with E-state index in [0.717, 1.165) is 22.5 Å². The van der Waals surface area contributed by atoms with Crippen molar-refractivity contribution in [1.29, 1.82) is 0 Å². The molecule has 0 bridgehead atoms. The Labute approximate surface area is 97.6 Å². The monoisotopic (exact) mass is 222 g/mol. The summed E-state index contributed by atoms with van der Waals surface area (Å²) in [6.45, 7) is 0. The molecule has 0 saturated heterocycles. The smallest absolute Gasteiger partial charge is 0.0958 e. The van der Waals surface area contributed by atoms with Crippen LogP contribution in [0.5, 0.6) is 0 Å². The van der Waals surface area contributed by atoms with Gasteiger partial charge in [0.1, 0.15) is 0 Å². The summed E-state index contributed by atoms with van der Waals surface area (Å²) in [7, 11) is 0. The van der Waals surface area contributed by atoms with Gasteiger partial charge in [-0.1, -0.05) is 0 Å². The molecule has 1 radical (unpaired) electrons. The maximum atomic E-state index is 4.26. The number of aromatic nitrogens is 5. The molecule has 0 aliphatic carbocycles. The highest BCUT2D eigenvalue weighted by molar-refractivity contribution is 5.78. The van der Waals surface area contributed by atoms with Gasteiger partial charge < -0.3 is 4.98 Å². The van der Waals surface area contributed by atoms with E-state index in [0.29, 0.717) is 0 Å². The summed E-state index contributed by atoms with van der Waals surface area (Å²) in [6, 6.07) is 3.72. The van der Waals surface area contributed by atoms with Gasteiger partial charge in [-0.25, -0.2) is 0 Å². The van der Waals surface area contributed by atoms with Crippen LogP contribution in [0.25, 0.3) is 22.5 Å². The molecule has 0 unspecified atom stereocenters. The number of rotatable bonds is 2. The third-order valence-electron chi connectivity index (χ3n) is 2.35. The van der Waals surface area contributed by atoms with Gasteiger partial charge in [-0.2, -0.15) is 10.2 Å². The lowest BCUT2D eigenvalue weighted by Gasteiger charge is -2.00. The third kappa shape index (κ3) is 1.78. The maximum Gasteiger partial charge on any atom is 0.0958 e. The van der Waals surface area contributed by atoms with E-state index in [1.807, 2.05) is 18.3 Å². The molecule has 5 heteroatoms. The van der Waals surface area contributed by atoms with Crippen LogP contribution in [0, 0.1) is 6.20 Å². The largest absolute Gasteiger partial charge is 0.359 e. The maximum absolute atomic E-state index is 4.26. The summed E-state index contributed by atoms with van der Waals surface area (Å²) in [5, 5.41) is 7.91. The first-order valence-electron chi connectivity index (χ1n) is 5.08. The van der Waals surface area contributed by atoms with Crippen LogP contribution in [0.3, 0.4) is 0 Å². The molecule has 0 fully saturated rings. The summed E-state index contributed by atoms with van der Waals surface area (Å²) in [4.78, 5) is 11.2. The van der Waals surface area contributed by atoms with Crippen LogP contribution in [0.15, 0.2) is 43.1 Å². The first-order chi connectivity index (χ1) is 8.45. The van der Waals surface area contributed by atoms with Crippen LogP contribution in [0.2, 0.25) is 0 Å². The standard InChI is InChI=1S/C12H8N5/c1-2-11(17-16-3-1)9-6-14-7-10(9)12-8-13-4-5-15-12/h1-5,7-8,14H. The van der Waals surface area contributed by atoms with Gasteiger partial charge in [0.05, 0.1) is 23.8 Å². The molecular formula is C12H8N5. The predicted molar refractivity (Wildman–Crippen MR) is 61.7 cm³/mol. The number of hydrogen-bond donors (Lipinski definition) is 1. The van der Waals surface area contributed by atoms with Gasteiger partial charge in [-0.15, -0.1) is 0 Å². The van der Waals surface area contributed by atoms with Crippen LogP contribution in [0.4, 0.5) is 0 Å². The van der Waals surface area contributed by atoms with E-state index in [1.54, 1.807) is 24.8 Å². The Morgan fingerprint density at radius 2 is 2.12 bits per heavy atom. The minimum Gasteiger partial charge on any atom is -0.359 e. The van der Waals surface area contributed by atoms with Crippen molar-refractivity contribution >= 4 is 0 Å². The number of H-pyrrole nitrogens is 1. The third-order valence-corrected chi connectivity index (χ3v) is 2.35. The predicted octanol–water partition coefficient (Wildman–Crippen LogP) is 1.73. The average Bonchev–Trinajstić information content (AvgIpc) is 2.90. The fourth-order valence-corrected chi connectivity index (χ4v) is 1.60. The quantitative estimate of drug-likeness (QED) is 0.717. The molecule has 0 aromatic carbocycles. The van der Waals surface area contributed by atoms with Gasteiger partial charge in [-0.05, 0) is 12.1 Å². The lowest BCUT2D eigenvalue weighted by molar-refractivity contribution is 1.04. The van der Waals surface area contributed by atoms with Gasteiger partial charge in [0.2, 0.25) is 0 Å². The molecule has 3 heterocycles. The van der Waals surface area contributed by atoms with Crippen molar-refractivity contribution in [2.75, 3.05) is 0 Å². The summed E-state index contributed by atoms with van der Waals surface area (Å²) in [5.74, 6) is 0. The minimum atomic E-state index is 0.759. The van der Waals surface area contributed by atoms with E-state index in [1.165, 1.54) is 0 Å². The molecule has 0 aliphatic heterocycles. The van der Waals surface area contributed by atoms with Gasteiger partial charge in [0, 0.05) is 35.9 Å². The van der Waals surface area contributed by atoms with Gasteiger partial charge in [0.15, 0.2) is 0 Å². The summed E-state index contributed by atoms with van der Waals surface area (Å²) in [5.41, 5.74) is 3.30. The van der Waals surface area contributed by atoms with Crippen LogP contribution < -0.4 is 0 Å². The molecule has 0 aliphatic rings. The van der Waals surface area contributed by atoms with E-state index in [9.17, 15) is 0 Å². The highest BCUT2D eigenvalue weighted by Gasteiger charge is 2.11. The zero-order valence-electron chi connectivity index (χ0n) is 8.83. The topological polar surface area (TPSA) is 67.3 Å². The van der Waals surface area contributed by atoms with Crippen molar-refractivity contribution in [3.63, 3.8) is 0 Å². The molecule has 17 heavy (non-hydrogen) atoms.